The molecule has 5 nitrogen and oxygen atoms in total. The van der Waals surface area contributed by atoms with Crippen LogP contribution in [0.1, 0.15) is 42.7 Å². The third-order valence-electron chi connectivity index (χ3n) is 4.32. The second kappa shape index (κ2) is 4.39. The highest BCUT2D eigenvalue weighted by atomic mass is 16.1. The molecule has 0 atom stereocenters. The minimum atomic E-state index is -0.455. The zero-order chi connectivity index (χ0) is 12.6. The molecule has 2 aliphatic rings. The Balaban J connectivity index is 1.85. The summed E-state index contributed by atoms with van der Waals surface area (Å²) in [4.78, 5) is 17.9. The third kappa shape index (κ3) is 1.82. The Morgan fingerprint density at radius 2 is 2.11 bits per heavy atom. The maximum absolute atomic E-state index is 11.4. The quantitative estimate of drug-likeness (QED) is 0.854. The van der Waals surface area contributed by atoms with E-state index in [2.05, 4.69) is 16.1 Å². The lowest BCUT2D eigenvalue weighted by atomic mass is 9.76. The van der Waals surface area contributed by atoms with E-state index in [0.29, 0.717) is 5.82 Å². The minimum absolute atomic E-state index is 0.0295. The molecule has 0 aromatic carbocycles. The number of nitrogens with two attached hydrogens (primary N) is 1. The molecule has 0 bridgehead atoms. The summed E-state index contributed by atoms with van der Waals surface area (Å²) in [5, 5.41) is 0. The highest BCUT2D eigenvalue weighted by Crippen LogP contribution is 2.41. The van der Waals surface area contributed by atoms with Crippen molar-refractivity contribution in [3.8, 4) is 0 Å². The van der Waals surface area contributed by atoms with E-state index in [9.17, 15) is 4.79 Å². The summed E-state index contributed by atoms with van der Waals surface area (Å²) in [6.07, 6.45) is 10.6. The van der Waals surface area contributed by atoms with Crippen LogP contribution in [0.15, 0.2) is 6.20 Å². The predicted octanol–water partition coefficient (Wildman–Crippen LogP) is 0.757. The molecule has 1 aromatic rings. The molecule has 1 radical (unpaired) electrons. The fraction of sp³-hybridized carbons (Fsp3) is 0.692. The van der Waals surface area contributed by atoms with Crippen molar-refractivity contribution in [1.29, 1.82) is 0 Å². The molecule has 5 heteroatoms. The Bertz CT molecular complexity index is 444. The van der Waals surface area contributed by atoms with E-state index in [0.717, 1.165) is 19.4 Å². The van der Waals surface area contributed by atoms with Crippen LogP contribution in [0.4, 0.5) is 0 Å². The summed E-state index contributed by atoms with van der Waals surface area (Å²) in [5.41, 5.74) is 5.42. The maximum Gasteiger partial charge on any atom is 0.284 e. The van der Waals surface area contributed by atoms with E-state index < -0.39 is 5.91 Å². The van der Waals surface area contributed by atoms with Crippen LogP contribution in [-0.2, 0) is 5.54 Å². The van der Waals surface area contributed by atoms with Gasteiger partial charge in [0, 0.05) is 12.7 Å². The molecule has 1 amide bonds. The smallest absolute Gasteiger partial charge is 0.284 e. The molecule has 1 aliphatic heterocycles. The molecule has 2 fully saturated rings. The topological polar surface area (TPSA) is 64.2 Å². The van der Waals surface area contributed by atoms with Gasteiger partial charge in [-0.25, -0.2) is 4.98 Å². The maximum atomic E-state index is 11.4. The van der Waals surface area contributed by atoms with Gasteiger partial charge in [-0.15, -0.1) is 0 Å². The molecule has 97 valence electrons. The van der Waals surface area contributed by atoms with Crippen molar-refractivity contribution in [3.05, 3.63) is 18.2 Å². The van der Waals surface area contributed by atoms with Gasteiger partial charge in [0.2, 0.25) is 0 Å². The van der Waals surface area contributed by atoms with Gasteiger partial charge < -0.3 is 15.2 Å². The van der Waals surface area contributed by atoms with E-state index in [1.165, 1.54) is 32.4 Å². The third-order valence-corrected chi connectivity index (χ3v) is 4.32. The number of carbonyl (C=O) groups excluding carboxylic acids is 1. The zero-order valence-corrected chi connectivity index (χ0v) is 10.6. The number of nitrogens with zero attached hydrogens (tertiary/aromatic N) is 3. The van der Waals surface area contributed by atoms with Crippen LogP contribution in [-0.4, -0.2) is 40.0 Å². The number of aromatic nitrogens is 2. The number of hydrogen-bond acceptors (Lipinski definition) is 3. The Hall–Kier alpha value is -1.36. The van der Waals surface area contributed by atoms with Crippen molar-refractivity contribution in [2.45, 2.75) is 37.6 Å². The van der Waals surface area contributed by atoms with Gasteiger partial charge in [0.05, 0.1) is 5.54 Å². The van der Waals surface area contributed by atoms with Gasteiger partial charge in [-0.3, -0.25) is 4.79 Å². The van der Waals surface area contributed by atoms with Gasteiger partial charge in [-0.1, -0.05) is 0 Å². The van der Waals surface area contributed by atoms with E-state index in [1.807, 2.05) is 4.57 Å². The lowest BCUT2D eigenvalue weighted by molar-refractivity contribution is 0.0779. The molecule has 1 aromatic heterocycles. The predicted molar refractivity (Wildman–Crippen MR) is 67.1 cm³/mol. The Morgan fingerprint density at radius 3 is 2.67 bits per heavy atom. The largest absolute Gasteiger partial charge is 0.363 e. The van der Waals surface area contributed by atoms with Crippen LogP contribution in [0.3, 0.4) is 0 Å². The van der Waals surface area contributed by atoms with Crippen LogP contribution in [0.2, 0.25) is 0 Å². The molecule has 3 rings (SSSR count). The average molecular weight is 247 g/mol. The average Bonchev–Trinajstić information content (AvgIpc) is 2.94. The standard InChI is InChI=1S/C13H19N4O/c14-11(18)12-15-6-9-17(12)13(4-3-5-13)10-16-7-1-2-8-16/h9H,1-5,7-8,10H2,(H2,14,18). The van der Waals surface area contributed by atoms with Crippen LogP contribution in [0.25, 0.3) is 0 Å². The van der Waals surface area contributed by atoms with E-state index >= 15 is 0 Å². The molecule has 2 N–H and O–H groups in total. The van der Waals surface area contributed by atoms with Crippen molar-refractivity contribution >= 4 is 5.91 Å². The lowest BCUT2D eigenvalue weighted by Crippen LogP contribution is -2.50. The summed E-state index contributed by atoms with van der Waals surface area (Å²) in [6.45, 7) is 3.36. The second-order valence-corrected chi connectivity index (χ2v) is 5.49. The van der Waals surface area contributed by atoms with Crippen LogP contribution < -0.4 is 5.73 Å². The van der Waals surface area contributed by atoms with Crippen molar-refractivity contribution in [1.82, 2.24) is 14.5 Å². The molecule has 18 heavy (non-hydrogen) atoms. The summed E-state index contributed by atoms with van der Waals surface area (Å²) < 4.78 is 1.97. The van der Waals surface area contributed by atoms with Crippen LogP contribution in [0, 0.1) is 6.20 Å². The molecule has 1 saturated heterocycles. The van der Waals surface area contributed by atoms with Crippen LogP contribution in [0.5, 0.6) is 0 Å². The number of amides is 1. The van der Waals surface area contributed by atoms with Crippen molar-refractivity contribution in [3.63, 3.8) is 0 Å². The SMILES string of the molecule is NC(=O)c1n[c]cn1C1(CN2CCCC2)CCC1. The normalized spacial score (nSPS) is 22.9. The van der Waals surface area contributed by atoms with Gasteiger partial charge in [0.15, 0.2) is 5.82 Å². The number of primary amides is 1. The lowest BCUT2D eigenvalue weighted by Gasteiger charge is -2.46. The highest BCUT2D eigenvalue weighted by Gasteiger charge is 2.42. The van der Waals surface area contributed by atoms with E-state index in [-0.39, 0.29) is 5.54 Å². The number of carbonyl (C=O) groups is 1. The second-order valence-electron chi connectivity index (χ2n) is 5.49. The molecule has 0 spiro atoms. The highest BCUT2D eigenvalue weighted by molar-refractivity contribution is 5.89. The van der Waals surface area contributed by atoms with Crippen molar-refractivity contribution < 1.29 is 4.79 Å². The fourth-order valence-corrected chi connectivity index (χ4v) is 3.22. The molecule has 2 heterocycles. The Morgan fingerprint density at radius 1 is 1.39 bits per heavy atom. The van der Waals surface area contributed by atoms with E-state index in [1.54, 1.807) is 6.20 Å². The van der Waals surface area contributed by atoms with Crippen molar-refractivity contribution in [2.75, 3.05) is 19.6 Å². The minimum Gasteiger partial charge on any atom is -0.363 e. The first-order chi connectivity index (χ1) is 8.71. The van der Waals surface area contributed by atoms with Gasteiger partial charge in [0.1, 0.15) is 6.20 Å². The molecule has 1 saturated carbocycles. The molecular weight excluding hydrogens is 228 g/mol. The summed E-state index contributed by atoms with van der Waals surface area (Å²) in [5.74, 6) is -0.0992. The van der Waals surface area contributed by atoms with Gasteiger partial charge in [-0.2, -0.15) is 0 Å². The molecule has 0 unspecified atom stereocenters. The number of rotatable bonds is 4. The fourth-order valence-electron chi connectivity index (χ4n) is 3.22. The van der Waals surface area contributed by atoms with Gasteiger partial charge in [-0.05, 0) is 45.2 Å². The van der Waals surface area contributed by atoms with Gasteiger partial charge in [0.25, 0.3) is 5.91 Å². The van der Waals surface area contributed by atoms with E-state index in [4.69, 9.17) is 5.73 Å². The first-order valence-corrected chi connectivity index (χ1v) is 6.69. The Labute approximate surface area is 107 Å². The van der Waals surface area contributed by atoms with Crippen LogP contribution >= 0.6 is 0 Å². The molecule has 1 aliphatic carbocycles. The number of imidazole rings is 1. The number of likely N-dealkylation sites (tertiary alicyclic amines) is 1. The first-order valence-electron chi connectivity index (χ1n) is 6.69. The van der Waals surface area contributed by atoms with Gasteiger partial charge >= 0.3 is 0 Å². The zero-order valence-electron chi connectivity index (χ0n) is 10.6. The Kier molecular flexibility index (Phi) is 2.86. The van der Waals surface area contributed by atoms with Crippen molar-refractivity contribution in [2.24, 2.45) is 5.73 Å². The molecular formula is C13H19N4O. The number of hydrogen-bond donors (Lipinski definition) is 1. The monoisotopic (exact) mass is 247 g/mol. The summed E-state index contributed by atoms with van der Waals surface area (Å²) in [7, 11) is 0. The summed E-state index contributed by atoms with van der Waals surface area (Å²) >= 11 is 0. The summed E-state index contributed by atoms with van der Waals surface area (Å²) in [6, 6.07) is 0. The first kappa shape index (κ1) is 11.7.